The Balaban J connectivity index is 0.00000338. The molecule has 26 heavy (non-hydrogen) atoms. The predicted molar refractivity (Wildman–Crippen MR) is 120 cm³/mol. The van der Waals surface area contributed by atoms with Crippen LogP contribution in [0.5, 0.6) is 0 Å². The molecule has 3 N–H and O–H groups in total. The van der Waals surface area contributed by atoms with Gasteiger partial charge in [0.2, 0.25) is 0 Å². The van der Waals surface area contributed by atoms with E-state index >= 15 is 0 Å². The first kappa shape index (κ1) is 23.9. The number of thiophene rings is 1. The van der Waals surface area contributed by atoms with Gasteiger partial charge in [0.25, 0.3) is 0 Å². The van der Waals surface area contributed by atoms with Gasteiger partial charge in [-0.25, -0.2) is 0 Å². The van der Waals surface area contributed by atoms with Crippen LogP contribution in [0.1, 0.15) is 30.7 Å². The largest absolute Gasteiger partial charge is 0.386 e. The Bertz CT molecular complexity index is 539. The van der Waals surface area contributed by atoms with Crippen molar-refractivity contribution in [1.29, 1.82) is 0 Å². The third-order valence-electron chi connectivity index (χ3n) is 4.23. The molecule has 0 aromatic carbocycles. The monoisotopic (exact) mass is 516 g/mol. The van der Waals surface area contributed by atoms with Crippen LogP contribution in [0.2, 0.25) is 4.34 Å². The van der Waals surface area contributed by atoms with Crippen molar-refractivity contribution >= 4 is 52.9 Å². The maximum Gasteiger partial charge on any atom is 0.191 e. The average Bonchev–Trinajstić information content (AvgIpc) is 3.05. The average molecular weight is 517 g/mol. The van der Waals surface area contributed by atoms with Crippen LogP contribution in [0.25, 0.3) is 0 Å². The zero-order chi connectivity index (χ0) is 18.1. The lowest BCUT2D eigenvalue weighted by atomic mass is 10.1. The molecule has 0 saturated carbocycles. The van der Waals surface area contributed by atoms with Gasteiger partial charge in [-0.2, -0.15) is 0 Å². The molecule has 9 heteroatoms. The molecule has 2 rings (SSSR count). The fourth-order valence-electron chi connectivity index (χ4n) is 2.81. The SMILES string of the molecule is CCNC(=NCC(O)c1ccc(Cl)s1)NC1CCN(CCOC)CC1.I. The van der Waals surface area contributed by atoms with Gasteiger partial charge in [0, 0.05) is 44.2 Å². The Morgan fingerprint density at radius 3 is 2.77 bits per heavy atom. The van der Waals surface area contributed by atoms with E-state index in [9.17, 15) is 5.11 Å². The number of nitrogens with zero attached hydrogens (tertiary/aromatic N) is 2. The Kier molecular flexibility index (Phi) is 12.1. The summed E-state index contributed by atoms with van der Waals surface area (Å²) in [5.74, 6) is 0.763. The number of guanidine groups is 1. The fraction of sp³-hybridized carbons (Fsp3) is 0.706. The van der Waals surface area contributed by atoms with Crippen molar-refractivity contribution in [3.05, 3.63) is 21.3 Å². The molecule has 1 fully saturated rings. The second-order valence-corrected chi connectivity index (χ2v) is 7.88. The van der Waals surface area contributed by atoms with Gasteiger partial charge in [-0.3, -0.25) is 4.99 Å². The molecule has 1 aliphatic heterocycles. The molecule has 2 heterocycles. The number of methoxy groups -OCH3 is 1. The number of halogens is 2. The molecule has 150 valence electrons. The summed E-state index contributed by atoms with van der Waals surface area (Å²) < 4.78 is 5.83. The molecule has 1 atom stereocenters. The second-order valence-electron chi connectivity index (χ2n) is 6.13. The van der Waals surface area contributed by atoms with Crippen LogP contribution in [-0.2, 0) is 4.74 Å². The molecule has 1 aromatic rings. The van der Waals surface area contributed by atoms with Crippen LogP contribution in [0, 0.1) is 0 Å². The van der Waals surface area contributed by atoms with Gasteiger partial charge in [0.15, 0.2) is 5.96 Å². The molecule has 1 aromatic heterocycles. The number of likely N-dealkylation sites (tertiary alicyclic amines) is 1. The first-order valence-corrected chi connectivity index (χ1v) is 10.0. The Morgan fingerprint density at radius 2 is 2.19 bits per heavy atom. The first-order valence-electron chi connectivity index (χ1n) is 8.81. The lowest BCUT2D eigenvalue weighted by Crippen LogP contribution is -2.49. The normalized spacial score (nSPS) is 17.6. The molecule has 0 aliphatic carbocycles. The highest BCUT2D eigenvalue weighted by molar-refractivity contribution is 14.0. The molecule has 0 radical (unpaired) electrons. The second kappa shape index (κ2) is 13.1. The Morgan fingerprint density at radius 1 is 1.46 bits per heavy atom. The van der Waals surface area contributed by atoms with E-state index in [-0.39, 0.29) is 24.0 Å². The van der Waals surface area contributed by atoms with Crippen LogP contribution >= 0.6 is 46.9 Å². The van der Waals surface area contributed by atoms with Gasteiger partial charge in [-0.15, -0.1) is 35.3 Å². The number of piperidine rings is 1. The lowest BCUT2D eigenvalue weighted by Gasteiger charge is -2.32. The minimum absolute atomic E-state index is 0. The summed E-state index contributed by atoms with van der Waals surface area (Å²) in [4.78, 5) is 7.81. The van der Waals surface area contributed by atoms with Crippen molar-refractivity contribution in [1.82, 2.24) is 15.5 Å². The minimum atomic E-state index is -0.621. The number of aliphatic hydroxyl groups is 1. The van der Waals surface area contributed by atoms with E-state index in [0.717, 1.165) is 56.5 Å². The molecule has 0 bridgehead atoms. The Labute approximate surface area is 182 Å². The molecule has 0 spiro atoms. The van der Waals surface area contributed by atoms with Gasteiger partial charge in [-0.1, -0.05) is 11.6 Å². The highest BCUT2D eigenvalue weighted by Gasteiger charge is 2.20. The van der Waals surface area contributed by atoms with Gasteiger partial charge < -0.3 is 25.4 Å². The van der Waals surface area contributed by atoms with E-state index in [2.05, 4.69) is 20.5 Å². The minimum Gasteiger partial charge on any atom is -0.386 e. The molecular formula is C17H30ClIN4O2S. The van der Waals surface area contributed by atoms with Gasteiger partial charge in [0.05, 0.1) is 17.5 Å². The number of rotatable bonds is 8. The molecule has 1 aliphatic rings. The van der Waals surface area contributed by atoms with E-state index in [1.165, 1.54) is 11.3 Å². The van der Waals surface area contributed by atoms with Crippen molar-refractivity contribution in [2.24, 2.45) is 4.99 Å². The summed E-state index contributed by atoms with van der Waals surface area (Å²) in [5, 5.41) is 17.0. The number of nitrogens with one attached hydrogen (secondary N) is 2. The van der Waals surface area contributed by atoms with Crippen molar-refractivity contribution in [3.8, 4) is 0 Å². The highest BCUT2D eigenvalue weighted by atomic mass is 127. The molecular weight excluding hydrogens is 487 g/mol. The summed E-state index contributed by atoms with van der Waals surface area (Å²) in [7, 11) is 1.74. The van der Waals surface area contributed by atoms with Crippen LogP contribution in [-0.4, -0.2) is 68.4 Å². The number of aliphatic hydroxyl groups excluding tert-OH is 1. The standard InChI is InChI=1S/C17H29ClN4O2S.HI/c1-3-19-17(20-12-14(23)15-4-5-16(18)25-15)21-13-6-8-22(9-7-13)10-11-24-2;/h4-5,13-14,23H,3,6-12H2,1-2H3,(H2,19,20,21);1H. The van der Waals surface area contributed by atoms with Gasteiger partial charge in [0.1, 0.15) is 6.10 Å². The summed E-state index contributed by atoms with van der Waals surface area (Å²) in [6.07, 6.45) is 1.54. The predicted octanol–water partition coefficient (Wildman–Crippen LogP) is 2.72. The topological polar surface area (TPSA) is 69.1 Å². The highest BCUT2D eigenvalue weighted by Crippen LogP contribution is 2.26. The third-order valence-corrected chi connectivity index (χ3v) is 5.56. The van der Waals surface area contributed by atoms with Gasteiger partial charge in [-0.05, 0) is 31.9 Å². The summed E-state index contributed by atoms with van der Waals surface area (Å²) in [6.45, 7) is 7.06. The van der Waals surface area contributed by atoms with Crippen molar-refractivity contribution < 1.29 is 9.84 Å². The van der Waals surface area contributed by atoms with Crippen LogP contribution in [0.3, 0.4) is 0 Å². The van der Waals surface area contributed by atoms with E-state index in [1.54, 1.807) is 13.2 Å². The van der Waals surface area contributed by atoms with Crippen molar-refractivity contribution in [2.75, 3.05) is 46.4 Å². The third kappa shape index (κ3) is 8.26. The smallest absolute Gasteiger partial charge is 0.191 e. The van der Waals surface area contributed by atoms with E-state index in [4.69, 9.17) is 16.3 Å². The van der Waals surface area contributed by atoms with Gasteiger partial charge >= 0.3 is 0 Å². The zero-order valence-corrected chi connectivity index (χ0v) is 19.3. The number of hydrogen-bond donors (Lipinski definition) is 3. The number of ether oxygens (including phenoxy) is 1. The molecule has 6 nitrogen and oxygen atoms in total. The molecule has 1 saturated heterocycles. The first-order chi connectivity index (χ1) is 12.1. The van der Waals surface area contributed by atoms with Crippen molar-refractivity contribution in [3.63, 3.8) is 0 Å². The lowest BCUT2D eigenvalue weighted by molar-refractivity contribution is 0.128. The van der Waals surface area contributed by atoms with E-state index in [1.807, 2.05) is 13.0 Å². The van der Waals surface area contributed by atoms with Crippen molar-refractivity contribution in [2.45, 2.75) is 31.9 Å². The number of aliphatic imine (C=N–C) groups is 1. The van der Waals surface area contributed by atoms with E-state index in [0.29, 0.717) is 16.9 Å². The maximum absolute atomic E-state index is 10.2. The maximum atomic E-state index is 10.2. The zero-order valence-electron chi connectivity index (χ0n) is 15.4. The van der Waals surface area contributed by atoms with Crippen LogP contribution in [0.4, 0.5) is 0 Å². The molecule has 1 unspecified atom stereocenters. The fourth-order valence-corrected chi connectivity index (χ4v) is 3.85. The summed E-state index contributed by atoms with van der Waals surface area (Å²) in [6, 6.07) is 4.06. The summed E-state index contributed by atoms with van der Waals surface area (Å²) in [5.41, 5.74) is 0. The quantitative estimate of drug-likeness (QED) is 0.282. The van der Waals surface area contributed by atoms with Crippen LogP contribution < -0.4 is 10.6 Å². The Hall–Kier alpha value is -0.130. The van der Waals surface area contributed by atoms with E-state index < -0.39 is 6.10 Å². The molecule has 0 amide bonds. The van der Waals surface area contributed by atoms with Crippen LogP contribution in [0.15, 0.2) is 17.1 Å². The number of hydrogen-bond acceptors (Lipinski definition) is 5. The summed E-state index contributed by atoms with van der Waals surface area (Å²) >= 11 is 7.32.